The number of morpholine rings is 1. The summed E-state index contributed by atoms with van der Waals surface area (Å²) in [7, 11) is 0. The highest BCUT2D eigenvalue weighted by Crippen LogP contribution is 2.39. The van der Waals surface area contributed by atoms with Crippen molar-refractivity contribution in [3.8, 4) is 17.1 Å². The molecule has 3 unspecified atom stereocenters. The Morgan fingerprint density at radius 2 is 2.08 bits per heavy atom. The second-order valence-corrected chi connectivity index (χ2v) is 9.95. The van der Waals surface area contributed by atoms with E-state index in [2.05, 4.69) is 10.1 Å². The largest absolute Gasteiger partial charge is 0.508 e. The van der Waals surface area contributed by atoms with E-state index in [-0.39, 0.29) is 18.0 Å². The van der Waals surface area contributed by atoms with Crippen molar-refractivity contribution in [2.75, 3.05) is 31.3 Å². The number of halogens is 3. The minimum Gasteiger partial charge on any atom is -0.393 e. The zero-order valence-electron chi connectivity index (χ0n) is 19.8. The van der Waals surface area contributed by atoms with Crippen molar-refractivity contribution >= 4 is 27.8 Å². The summed E-state index contributed by atoms with van der Waals surface area (Å²) in [4.78, 5) is 11.4. The Morgan fingerprint density at radius 3 is 2.81 bits per heavy atom. The molecule has 5 rings (SSSR count). The third-order valence-electron chi connectivity index (χ3n) is 6.33. The van der Waals surface area contributed by atoms with Gasteiger partial charge in [0, 0.05) is 31.6 Å². The summed E-state index contributed by atoms with van der Waals surface area (Å²) in [5, 5.41) is 4.75. The fourth-order valence-electron chi connectivity index (χ4n) is 4.59. The lowest BCUT2D eigenvalue weighted by Crippen LogP contribution is -2.44. The quantitative estimate of drug-likeness (QED) is 0.487. The zero-order chi connectivity index (χ0) is 25.4. The van der Waals surface area contributed by atoms with E-state index < -0.39 is 16.6 Å². The lowest BCUT2D eigenvalue weighted by Gasteiger charge is -2.34. The standard InChI is InChI=1S/C23H26F3N5O4S/c1-14-12-27-21(16-6-7-28-31(16)19-5-3-4-9-34-19)22-20(14)17(35-36(32)23(24,25)26)11-18(29-22)30-8-10-33-13-15(30)2/h6-7,11-12,15,19H,3-5,8-10,13H2,1-2H3. The van der Waals surface area contributed by atoms with E-state index in [9.17, 15) is 17.4 Å². The van der Waals surface area contributed by atoms with E-state index in [1.807, 2.05) is 11.8 Å². The van der Waals surface area contributed by atoms with Crippen LogP contribution in [0.2, 0.25) is 0 Å². The summed E-state index contributed by atoms with van der Waals surface area (Å²) >= 11 is -3.56. The van der Waals surface area contributed by atoms with Crippen molar-refractivity contribution < 1.29 is 31.0 Å². The van der Waals surface area contributed by atoms with Crippen LogP contribution < -0.4 is 9.08 Å². The molecule has 0 amide bonds. The predicted octanol–water partition coefficient (Wildman–Crippen LogP) is 4.29. The number of hydrogen-bond donors (Lipinski definition) is 0. The van der Waals surface area contributed by atoms with Crippen LogP contribution in [0, 0.1) is 6.92 Å². The lowest BCUT2D eigenvalue weighted by molar-refractivity contribution is -0.0437. The molecule has 2 aliphatic rings. The van der Waals surface area contributed by atoms with E-state index >= 15 is 0 Å². The number of hydrogen-bond acceptors (Lipinski definition) is 8. The minimum atomic E-state index is -5.04. The van der Waals surface area contributed by atoms with Crippen LogP contribution in [0.1, 0.15) is 38.0 Å². The molecule has 5 heterocycles. The van der Waals surface area contributed by atoms with E-state index in [4.69, 9.17) is 18.6 Å². The first kappa shape index (κ1) is 24.9. The number of anilines is 1. The van der Waals surface area contributed by atoms with Gasteiger partial charge in [-0.3, -0.25) is 4.98 Å². The van der Waals surface area contributed by atoms with Crippen molar-refractivity contribution in [1.29, 1.82) is 0 Å². The molecule has 36 heavy (non-hydrogen) atoms. The maximum atomic E-state index is 13.2. The van der Waals surface area contributed by atoms with Crippen LogP contribution in [-0.4, -0.2) is 61.9 Å². The number of ether oxygens (including phenoxy) is 2. The molecule has 2 fully saturated rings. The topological polar surface area (TPSA) is 91.6 Å². The Bertz CT molecular complexity index is 1280. The van der Waals surface area contributed by atoms with Gasteiger partial charge in [0.15, 0.2) is 12.0 Å². The highest BCUT2D eigenvalue weighted by molar-refractivity contribution is 7.81. The van der Waals surface area contributed by atoms with Crippen LogP contribution >= 0.6 is 0 Å². The number of fused-ring (bicyclic) bond motifs is 1. The number of aryl methyl sites for hydroxylation is 1. The van der Waals surface area contributed by atoms with Gasteiger partial charge in [-0.1, -0.05) is 0 Å². The van der Waals surface area contributed by atoms with Gasteiger partial charge in [-0.15, -0.1) is 0 Å². The van der Waals surface area contributed by atoms with E-state index in [0.29, 0.717) is 60.0 Å². The van der Waals surface area contributed by atoms with Crippen LogP contribution in [0.25, 0.3) is 22.3 Å². The molecule has 3 atom stereocenters. The third kappa shape index (κ3) is 4.78. The van der Waals surface area contributed by atoms with Crippen molar-refractivity contribution in [1.82, 2.24) is 19.7 Å². The number of alkyl halides is 3. The van der Waals surface area contributed by atoms with Gasteiger partial charge in [-0.2, -0.15) is 18.3 Å². The molecule has 0 saturated carbocycles. The van der Waals surface area contributed by atoms with Crippen LogP contribution in [0.15, 0.2) is 24.5 Å². The molecule has 194 valence electrons. The fraction of sp³-hybridized carbons (Fsp3) is 0.522. The Kier molecular flexibility index (Phi) is 6.88. The Labute approximate surface area is 208 Å². The van der Waals surface area contributed by atoms with Crippen molar-refractivity contribution in [3.63, 3.8) is 0 Å². The molecule has 13 heteroatoms. The molecule has 2 aliphatic heterocycles. The van der Waals surface area contributed by atoms with Gasteiger partial charge in [0.05, 0.1) is 30.3 Å². The second kappa shape index (κ2) is 9.94. The molecule has 0 aromatic carbocycles. The highest BCUT2D eigenvalue weighted by Gasteiger charge is 2.40. The maximum absolute atomic E-state index is 13.2. The van der Waals surface area contributed by atoms with Gasteiger partial charge in [0.1, 0.15) is 17.0 Å². The normalized spacial score (nSPS) is 22.1. The number of pyridine rings is 2. The Morgan fingerprint density at radius 1 is 1.25 bits per heavy atom. The van der Waals surface area contributed by atoms with Gasteiger partial charge in [-0.25, -0.2) is 13.9 Å². The van der Waals surface area contributed by atoms with Gasteiger partial charge in [0.25, 0.3) is 0 Å². The van der Waals surface area contributed by atoms with Gasteiger partial charge < -0.3 is 18.6 Å². The summed E-state index contributed by atoms with van der Waals surface area (Å²) in [6.45, 7) is 5.62. The molecule has 0 radical (unpaired) electrons. The average molecular weight is 526 g/mol. The minimum absolute atomic E-state index is 0.0768. The average Bonchev–Trinajstić information content (AvgIpc) is 3.34. The summed E-state index contributed by atoms with van der Waals surface area (Å²) < 4.78 is 69.8. The maximum Gasteiger partial charge on any atom is 0.508 e. The first-order chi connectivity index (χ1) is 17.2. The molecule has 0 spiro atoms. The van der Waals surface area contributed by atoms with E-state index in [1.54, 1.807) is 30.1 Å². The van der Waals surface area contributed by atoms with E-state index in [1.165, 1.54) is 6.07 Å². The molecular weight excluding hydrogens is 499 g/mol. The number of rotatable bonds is 5. The van der Waals surface area contributed by atoms with Crippen molar-refractivity contribution in [2.24, 2.45) is 0 Å². The first-order valence-corrected chi connectivity index (χ1v) is 12.8. The zero-order valence-corrected chi connectivity index (χ0v) is 20.6. The second-order valence-electron chi connectivity index (χ2n) is 8.86. The van der Waals surface area contributed by atoms with Crippen molar-refractivity contribution in [3.05, 3.63) is 30.1 Å². The monoisotopic (exact) mass is 525 g/mol. The van der Waals surface area contributed by atoms with Crippen LogP contribution in [0.5, 0.6) is 5.75 Å². The molecule has 0 aliphatic carbocycles. The molecule has 3 aromatic heterocycles. The SMILES string of the molecule is Cc1cnc(-c2ccnn2C2CCCCO2)c2nc(N3CCOCC3C)cc(OS(=O)C(F)(F)F)c12. The van der Waals surface area contributed by atoms with Crippen LogP contribution in [-0.2, 0) is 20.6 Å². The molecule has 0 bridgehead atoms. The Balaban J connectivity index is 1.70. The highest BCUT2D eigenvalue weighted by atomic mass is 32.2. The van der Waals surface area contributed by atoms with E-state index in [0.717, 1.165) is 19.3 Å². The number of aromatic nitrogens is 4. The van der Waals surface area contributed by atoms with Gasteiger partial charge >= 0.3 is 16.6 Å². The van der Waals surface area contributed by atoms with Crippen LogP contribution in [0.3, 0.4) is 0 Å². The van der Waals surface area contributed by atoms with Gasteiger partial charge in [-0.05, 0) is 44.7 Å². The van der Waals surface area contributed by atoms with Crippen molar-refractivity contribution in [2.45, 2.75) is 50.9 Å². The Hall–Kier alpha value is -2.77. The summed E-state index contributed by atoms with van der Waals surface area (Å²) in [6.07, 6.45) is 5.63. The van der Waals surface area contributed by atoms with Crippen LogP contribution in [0.4, 0.5) is 19.0 Å². The fourth-order valence-corrected chi connectivity index (χ4v) is 4.98. The molecular formula is C23H26F3N5O4S. The predicted molar refractivity (Wildman–Crippen MR) is 127 cm³/mol. The smallest absolute Gasteiger partial charge is 0.393 e. The number of nitrogens with zero attached hydrogens (tertiary/aromatic N) is 5. The summed E-state index contributed by atoms with van der Waals surface area (Å²) in [6, 6.07) is 3.11. The lowest BCUT2D eigenvalue weighted by atomic mass is 10.1. The first-order valence-electron chi connectivity index (χ1n) is 11.7. The summed E-state index contributed by atoms with van der Waals surface area (Å²) in [5.74, 6) is 0.214. The molecule has 3 aromatic rings. The third-order valence-corrected chi connectivity index (χ3v) is 7.04. The molecule has 0 N–H and O–H groups in total. The van der Waals surface area contributed by atoms with Gasteiger partial charge in [0.2, 0.25) is 0 Å². The molecule has 2 saturated heterocycles. The molecule has 9 nitrogen and oxygen atoms in total. The summed E-state index contributed by atoms with van der Waals surface area (Å²) in [5.41, 5.74) is -3.13.